The first-order valence-electron chi connectivity index (χ1n) is 7.73. The Bertz CT molecular complexity index is 812. The molecule has 0 aliphatic carbocycles. The van der Waals surface area contributed by atoms with E-state index in [1.807, 2.05) is 60.8 Å². The van der Waals surface area contributed by atoms with Gasteiger partial charge in [0.25, 0.3) is 0 Å². The molecule has 0 atom stereocenters. The van der Waals surface area contributed by atoms with E-state index >= 15 is 0 Å². The van der Waals surface area contributed by atoms with Crippen LogP contribution in [0.15, 0.2) is 67.0 Å². The summed E-state index contributed by atoms with van der Waals surface area (Å²) in [6.07, 6.45) is 4.00. The van der Waals surface area contributed by atoms with Crippen molar-refractivity contribution in [1.82, 2.24) is 15.1 Å². The van der Waals surface area contributed by atoms with Gasteiger partial charge in [0.05, 0.1) is 25.4 Å². The van der Waals surface area contributed by atoms with Gasteiger partial charge in [-0.05, 0) is 29.8 Å². The fourth-order valence-electron chi connectivity index (χ4n) is 2.40. The average molecular weight is 321 g/mol. The highest BCUT2D eigenvalue weighted by Gasteiger charge is 2.06. The number of benzene rings is 2. The van der Waals surface area contributed by atoms with E-state index in [1.54, 1.807) is 18.0 Å². The largest absolute Gasteiger partial charge is 0.497 e. The lowest BCUT2D eigenvalue weighted by atomic mass is 10.1. The van der Waals surface area contributed by atoms with Crippen LogP contribution in [0.1, 0.15) is 11.1 Å². The number of carbonyl (C=O) groups excluding carboxylic acids is 1. The van der Waals surface area contributed by atoms with Crippen LogP contribution in [-0.4, -0.2) is 22.8 Å². The van der Waals surface area contributed by atoms with Gasteiger partial charge < -0.3 is 10.1 Å². The van der Waals surface area contributed by atoms with Gasteiger partial charge in [0.15, 0.2) is 0 Å². The molecule has 2 aromatic carbocycles. The fraction of sp³-hybridized carbons (Fsp3) is 0.158. The lowest BCUT2D eigenvalue weighted by Gasteiger charge is -2.05. The fourth-order valence-corrected chi connectivity index (χ4v) is 2.40. The number of ether oxygens (including phenoxy) is 1. The van der Waals surface area contributed by atoms with E-state index in [0.717, 1.165) is 22.6 Å². The number of para-hydroxylation sites is 1. The van der Waals surface area contributed by atoms with Crippen LogP contribution in [0.25, 0.3) is 5.69 Å². The number of nitrogens with one attached hydrogen (secondary N) is 1. The van der Waals surface area contributed by atoms with E-state index in [0.29, 0.717) is 13.0 Å². The Hall–Kier alpha value is -3.08. The van der Waals surface area contributed by atoms with Gasteiger partial charge >= 0.3 is 0 Å². The molecule has 3 rings (SSSR count). The third-order valence-corrected chi connectivity index (χ3v) is 3.65. The van der Waals surface area contributed by atoms with E-state index in [1.165, 1.54) is 0 Å². The first-order chi connectivity index (χ1) is 11.7. The van der Waals surface area contributed by atoms with E-state index < -0.39 is 0 Å². The zero-order chi connectivity index (χ0) is 16.8. The third-order valence-electron chi connectivity index (χ3n) is 3.65. The van der Waals surface area contributed by atoms with Gasteiger partial charge in [-0.25, -0.2) is 4.68 Å². The summed E-state index contributed by atoms with van der Waals surface area (Å²) in [6.45, 7) is 0.454. The molecule has 0 radical (unpaired) electrons. The molecule has 122 valence electrons. The molecule has 1 heterocycles. The highest BCUT2D eigenvalue weighted by Crippen LogP contribution is 2.13. The Morgan fingerprint density at radius 1 is 1.12 bits per heavy atom. The van der Waals surface area contributed by atoms with Crippen LogP contribution in [0.2, 0.25) is 0 Å². The smallest absolute Gasteiger partial charge is 0.224 e. The number of aromatic nitrogens is 2. The molecule has 1 N–H and O–H groups in total. The topological polar surface area (TPSA) is 56.1 Å². The second kappa shape index (κ2) is 7.46. The Balaban J connectivity index is 1.56. The first-order valence-corrected chi connectivity index (χ1v) is 7.73. The molecular formula is C19H19N3O2. The zero-order valence-electron chi connectivity index (χ0n) is 13.5. The summed E-state index contributed by atoms with van der Waals surface area (Å²) >= 11 is 0. The van der Waals surface area contributed by atoms with E-state index in [2.05, 4.69) is 10.4 Å². The second-order valence-electron chi connectivity index (χ2n) is 5.43. The minimum Gasteiger partial charge on any atom is -0.497 e. The highest BCUT2D eigenvalue weighted by atomic mass is 16.5. The molecule has 1 aromatic heterocycles. The van der Waals surface area contributed by atoms with Crippen molar-refractivity contribution in [2.75, 3.05) is 7.11 Å². The summed E-state index contributed by atoms with van der Waals surface area (Å²) in [4.78, 5) is 12.1. The maximum Gasteiger partial charge on any atom is 0.224 e. The summed E-state index contributed by atoms with van der Waals surface area (Å²) in [6, 6.07) is 17.4. The summed E-state index contributed by atoms with van der Waals surface area (Å²) in [5.41, 5.74) is 2.87. The molecule has 24 heavy (non-hydrogen) atoms. The third kappa shape index (κ3) is 4.01. The number of rotatable bonds is 6. The van der Waals surface area contributed by atoms with Gasteiger partial charge in [-0.15, -0.1) is 0 Å². The predicted molar refractivity (Wildman–Crippen MR) is 92.1 cm³/mol. The van der Waals surface area contributed by atoms with Gasteiger partial charge in [-0.1, -0.05) is 30.3 Å². The van der Waals surface area contributed by atoms with Crippen LogP contribution >= 0.6 is 0 Å². The molecule has 5 nitrogen and oxygen atoms in total. The number of hydrogen-bond donors (Lipinski definition) is 1. The van der Waals surface area contributed by atoms with Gasteiger partial charge in [0.2, 0.25) is 5.91 Å². The summed E-state index contributed by atoms with van der Waals surface area (Å²) in [7, 11) is 1.61. The molecule has 0 saturated carbocycles. The van der Waals surface area contributed by atoms with Crippen molar-refractivity contribution in [3.05, 3.63) is 78.1 Å². The number of carbonyl (C=O) groups is 1. The van der Waals surface area contributed by atoms with E-state index in [-0.39, 0.29) is 5.91 Å². The van der Waals surface area contributed by atoms with E-state index in [4.69, 9.17) is 4.74 Å². The monoisotopic (exact) mass is 321 g/mol. The summed E-state index contributed by atoms with van der Waals surface area (Å²) in [5, 5.41) is 7.24. The lowest BCUT2D eigenvalue weighted by Crippen LogP contribution is -2.24. The van der Waals surface area contributed by atoms with Crippen LogP contribution in [0.5, 0.6) is 5.75 Å². The molecular weight excluding hydrogens is 302 g/mol. The maximum atomic E-state index is 12.1. The van der Waals surface area contributed by atoms with Crippen molar-refractivity contribution >= 4 is 5.91 Å². The molecule has 5 heteroatoms. The van der Waals surface area contributed by atoms with Gasteiger partial charge in [-0.3, -0.25) is 4.79 Å². The van der Waals surface area contributed by atoms with Crippen LogP contribution < -0.4 is 10.1 Å². The standard InChI is InChI=1S/C19H19N3O2/c1-24-18-9-5-6-15(10-18)11-19(23)20-12-16-13-21-22(14-16)17-7-3-2-4-8-17/h2-10,13-14H,11-12H2,1H3,(H,20,23). The lowest BCUT2D eigenvalue weighted by molar-refractivity contribution is -0.120. The van der Waals surface area contributed by atoms with Crippen molar-refractivity contribution in [2.24, 2.45) is 0 Å². The van der Waals surface area contributed by atoms with Crippen LogP contribution in [-0.2, 0) is 17.8 Å². The van der Waals surface area contributed by atoms with Crippen molar-refractivity contribution in [3.8, 4) is 11.4 Å². The number of nitrogens with zero attached hydrogens (tertiary/aromatic N) is 2. The normalized spacial score (nSPS) is 10.4. The molecule has 0 aliphatic rings. The Labute approximate surface area is 140 Å². The Morgan fingerprint density at radius 2 is 1.96 bits per heavy atom. The molecule has 0 unspecified atom stereocenters. The Kier molecular flexibility index (Phi) is 4.91. The Morgan fingerprint density at radius 3 is 2.75 bits per heavy atom. The van der Waals surface area contributed by atoms with Gasteiger partial charge in [0.1, 0.15) is 5.75 Å². The van der Waals surface area contributed by atoms with Crippen LogP contribution in [0.4, 0.5) is 0 Å². The molecule has 0 bridgehead atoms. The molecule has 0 spiro atoms. The second-order valence-corrected chi connectivity index (χ2v) is 5.43. The predicted octanol–water partition coefficient (Wildman–Crippen LogP) is 2.74. The maximum absolute atomic E-state index is 12.1. The molecule has 1 amide bonds. The number of hydrogen-bond acceptors (Lipinski definition) is 3. The highest BCUT2D eigenvalue weighted by molar-refractivity contribution is 5.78. The van der Waals surface area contributed by atoms with Gasteiger partial charge in [-0.2, -0.15) is 5.10 Å². The first kappa shape index (κ1) is 15.8. The molecule has 0 aliphatic heterocycles. The molecule has 0 saturated heterocycles. The van der Waals surface area contributed by atoms with Crippen LogP contribution in [0, 0.1) is 0 Å². The van der Waals surface area contributed by atoms with Crippen molar-refractivity contribution in [2.45, 2.75) is 13.0 Å². The van der Waals surface area contributed by atoms with Crippen molar-refractivity contribution < 1.29 is 9.53 Å². The van der Waals surface area contributed by atoms with Crippen LogP contribution in [0.3, 0.4) is 0 Å². The minimum atomic E-state index is -0.0317. The van der Waals surface area contributed by atoms with Gasteiger partial charge in [0, 0.05) is 18.3 Å². The SMILES string of the molecule is COc1cccc(CC(=O)NCc2cnn(-c3ccccc3)c2)c1. The van der Waals surface area contributed by atoms with Crippen molar-refractivity contribution in [3.63, 3.8) is 0 Å². The summed E-state index contributed by atoms with van der Waals surface area (Å²) < 4.78 is 6.96. The number of methoxy groups -OCH3 is 1. The molecule has 3 aromatic rings. The zero-order valence-corrected chi connectivity index (χ0v) is 13.5. The number of amides is 1. The summed E-state index contributed by atoms with van der Waals surface area (Å²) in [5.74, 6) is 0.722. The van der Waals surface area contributed by atoms with Crippen molar-refractivity contribution in [1.29, 1.82) is 0 Å². The quantitative estimate of drug-likeness (QED) is 0.759. The molecule has 0 fully saturated rings. The minimum absolute atomic E-state index is 0.0317. The average Bonchev–Trinajstić information content (AvgIpc) is 3.10. The van der Waals surface area contributed by atoms with E-state index in [9.17, 15) is 4.79 Å².